The lowest BCUT2D eigenvalue weighted by atomic mass is 9.96. The first-order valence-corrected chi connectivity index (χ1v) is 14.7. The Morgan fingerprint density at radius 2 is 1.20 bits per heavy atom. The third-order valence-corrected chi connectivity index (χ3v) is 8.07. The Labute approximate surface area is 263 Å². The lowest BCUT2D eigenvalue weighted by Gasteiger charge is -2.43. The molecule has 0 aromatic carbocycles. The van der Waals surface area contributed by atoms with Gasteiger partial charge in [0.25, 0.3) is 0 Å². The summed E-state index contributed by atoms with van der Waals surface area (Å²) in [6, 6.07) is 0. The minimum Gasteiger partial charge on any atom is -0.396 e. The van der Waals surface area contributed by atoms with Crippen LogP contribution in [0.3, 0.4) is 0 Å². The quantitative estimate of drug-likeness (QED) is 0.0597. The summed E-state index contributed by atoms with van der Waals surface area (Å²) >= 11 is 0. The Kier molecular flexibility index (Phi) is 16.9. The molecule has 19 atom stereocenters. The van der Waals surface area contributed by atoms with Crippen LogP contribution in [0, 0.1) is 5.92 Å². The van der Waals surface area contributed by atoms with Crippen LogP contribution in [0.4, 0.5) is 0 Å². The summed E-state index contributed by atoms with van der Waals surface area (Å²) in [5.74, 6) is -0.953. The molecule has 0 saturated carbocycles. The molecule has 0 aromatic heterocycles. The van der Waals surface area contributed by atoms with Crippen molar-refractivity contribution < 1.29 is 100 Å². The SMILES string of the molecule is CC(CO)[C@@H](O)C(O)C(O)[C@H](O)OC(C(O)[C@H](O)CCO)[C@H](O)OCC1O[C@H](OCC2O[C@H](C)C(O)C(O)[C@@H]2O)C(O)C(O)[C@@H]1O. The average molecular weight is 683 g/mol. The molecule has 2 aliphatic rings. The monoisotopic (exact) mass is 682 g/mol. The van der Waals surface area contributed by atoms with E-state index in [2.05, 4.69) is 0 Å². The maximum absolute atomic E-state index is 10.7. The van der Waals surface area contributed by atoms with E-state index in [1.54, 1.807) is 0 Å². The van der Waals surface area contributed by atoms with Gasteiger partial charge in [0.2, 0.25) is 0 Å². The third kappa shape index (κ3) is 10.4. The molecule has 15 N–H and O–H groups in total. The second-order valence-electron chi connectivity index (χ2n) is 11.6. The van der Waals surface area contributed by atoms with Crippen molar-refractivity contribution in [2.75, 3.05) is 26.4 Å². The highest BCUT2D eigenvalue weighted by Gasteiger charge is 2.47. The van der Waals surface area contributed by atoms with Crippen LogP contribution < -0.4 is 0 Å². The largest absolute Gasteiger partial charge is 0.396 e. The van der Waals surface area contributed by atoms with Crippen LogP contribution in [0.5, 0.6) is 0 Å². The van der Waals surface area contributed by atoms with Crippen LogP contribution in [0.25, 0.3) is 0 Å². The van der Waals surface area contributed by atoms with Crippen LogP contribution in [-0.2, 0) is 23.7 Å². The van der Waals surface area contributed by atoms with E-state index in [0.717, 1.165) is 0 Å². The van der Waals surface area contributed by atoms with E-state index in [-0.39, 0.29) is 0 Å². The zero-order chi connectivity index (χ0) is 35.0. The molecule has 0 spiro atoms. The highest BCUT2D eigenvalue weighted by molar-refractivity contribution is 4.93. The summed E-state index contributed by atoms with van der Waals surface area (Å²) in [7, 11) is 0. The lowest BCUT2D eigenvalue weighted by Crippen LogP contribution is -2.61. The molecule has 20 heteroatoms. The summed E-state index contributed by atoms with van der Waals surface area (Å²) in [6.45, 7) is 0.142. The molecule has 2 aliphatic heterocycles. The molecule has 2 fully saturated rings. The molecular formula is C26H50O20. The molecule has 0 aliphatic carbocycles. The molecule has 274 valence electrons. The lowest BCUT2D eigenvalue weighted by molar-refractivity contribution is -0.327. The summed E-state index contributed by atoms with van der Waals surface area (Å²) in [5, 5.41) is 152. The van der Waals surface area contributed by atoms with Gasteiger partial charge in [-0.2, -0.15) is 0 Å². The number of hydrogen-bond acceptors (Lipinski definition) is 20. The van der Waals surface area contributed by atoms with Gasteiger partial charge in [-0.25, -0.2) is 0 Å². The van der Waals surface area contributed by atoms with Crippen LogP contribution in [0.2, 0.25) is 0 Å². The molecular weight excluding hydrogens is 632 g/mol. The highest BCUT2D eigenvalue weighted by Crippen LogP contribution is 2.26. The molecule has 0 amide bonds. The van der Waals surface area contributed by atoms with Gasteiger partial charge in [0, 0.05) is 19.1 Å². The Hall–Kier alpha value is -0.800. The van der Waals surface area contributed by atoms with Gasteiger partial charge < -0.3 is 100 Å². The fraction of sp³-hybridized carbons (Fsp3) is 1.00. The van der Waals surface area contributed by atoms with E-state index in [4.69, 9.17) is 33.9 Å². The smallest absolute Gasteiger partial charge is 0.186 e. The average Bonchev–Trinajstić information content (AvgIpc) is 3.04. The first kappa shape index (κ1) is 41.4. The predicted octanol–water partition coefficient (Wildman–Crippen LogP) is -8.47. The number of aliphatic hydroxyl groups is 15. The minimum absolute atomic E-state index is 0.455. The second kappa shape index (κ2) is 18.8. The zero-order valence-corrected chi connectivity index (χ0v) is 25.3. The Bertz CT molecular complexity index is 858. The van der Waals surface area contributed by atoms with Crippen molar-refractivity contribution in [2.45, 2.75) is 131 Å². The number of ether oxygens (including phenoxy) is 5. The van der Waals surface area contributed by atoms with E-state index in [9.17, 15) is 66.4 Å². The summed E-state index contributed by atoms with van der Waals surface area (Å²) in [5.41, 5.74) is 0. The van der Waals surface area contributed by atoms with Crippen LogP contribution in [-0.4, -0.2) is 213 Å². The second-order valence-corrected chi connectivity index (χ2v) is 11.6. The van der Waals surface area contributed by atoms with Crippen molar-refractivity contribution in [3.05, 3.63) is 0 Å². The summed E-state index contributed by atoms with van der Waals surface area (Å²) in [4.78, 5) is 0. The fourth-order valence-corrected chi connectivity index (χ4v) is 4.84. The molecule has 20 nitrogen and oxygen atoms in total. The van der Waals surface area contributed by atoms with Gasteiger partial charge in [-0.15, -0.1) is 0 Å². The maximum Gasteiger partial charge on any atom is 0.186 e. The molecule has 0 radical (unpaired) electrons. The number of rotatable bonds is 18. The van der Waals surface area contributed by atoms with E-state index in [0.29, 0.717) is 0 Å². The van der Waals surface area contributed by atoms with Gasteiger partial charge in [0.05, 0.1) is 31.5 Å². The van der Waals surface area contributed by atoms with Gasteiger partial charge in [-0.05, 0) is 13.3 Å². The highest BCUT2D eigenvalue weighted by atomic mass is 16.7. The van der Waals surface area contributed by atoms with Crippen molar-refractivity contribution >= 4 is 0 Å². The van der Waals surface area contributed by atoms with Gasteiger partial charge in [0.15, 0.2) is 18.9 Å². The Morgan fingerprint density at radius 1 is 0.630 bits per heavy atom. The number of aliphatic hydroxyl groups excluding tert-OH is 15. The van der Waals surface area contributed by atoms with E-state index in [1.165, 1.54) is 13.8 Å². The van der Waals surface area contributed by atoms with Crippen molar-refractivity contribution in [3.8, 4) is 0 Å². The van der Waals surface area contributed by atoms with E-state index >= 15 is 0 Å². The van der Waals surface area contributed by atoms with E-state index < -0.39 is 149 Å². The molecule has 2 heterocycles. The molecule has 2 saturated heterocycles. The summed E-state index contributed by atoms with van der Waals surface area (Å²) < 4.78 is 26.5. The molecule has 0 bridgehead atoms. The van der Waals surface area contributed by atoms with Gasteiger partial charge in [-0.1, -0.05) is 6.92 Å². The topological polar surface area (TPSA) is 350 Å². The molecule has 0 aromatic rings. The fourth-order valence-electron chi connectivity index (χ4n) is 4.84. The number of hydrogen-bond donors (Lipinski definition) is 15. The first-order valence-electron chi connectivity index (χ1n) is 14.7. The van der Waals surface area contributed by atoms with Crippen molar-refractivity contribution in [2.24, 2.45) is 5.92 Å². The van der Waals surface area contributed by atoms with Crippen molar-refractivity contribution in [3.63, 3.8) is 0 Å². The van der Waals surface area contributed by atoms with Crippen molar-refractivity contribution in [1.82, 2.24) is 0 Å². The predicted molar refractivity (Wildman–Crippen MR) is 146 cm³/mol. The minimum atomic E-state index is -2.44. The van der Waals surface area contributed by atoms with Crippen molar-refractivity contribution in [1.29, 1.82) is 0 Å². The Morgan fingerprint density at radius 3 is 1.76 bits per heavy atom. The van der Waals surface area contributed by atoms with Crippen LogP contribution in [0.15, 0.2) is 0 Å². The zero-order valence-electron chi connectivity index (χ0n) is 25.3. The standard InChI is InChI=1S/C26H50O20/c1-8(5-28)13(30)18(35)21(38)24(40)46-23(15(32)10(29)3-4-27)25(41)42-6-12-17(34)20(37)22(39)26(45-12)43-7-11-16(33)19(36)14(31)9(2)44-11/h8-41H,3-7H2,1-2H3/t8?,9-,10-,11?,12?,13-,14?,15?,16-,17-,18?,19?,20?,21?,22?,23?,24-,25-,26+/m1/s1. The maximum atomic E-state index is 10.7. The Balaban J connectivity index is 2.11. The van der Waals surface area contributed by atoms with Crippen LogP contribution in [0.1, 0.15) is 20.3 Å². The van der Waals surface area contributed by atoms with E-state index in [1.807, 2.05) is 0 Å². The van der Waals surface area contributed by atoms with Gasteiger partial charge in [0.1, 0.15) is 73.2 Å². The van der Waals surface area contributed by atoms with Gasteiger partial charge >= 0.3 is 0 Å². The first-order chi connectivity index (χ1) is 21.5. The third-order valence-electron chi connectivity index (χ3n) is 8.07. The van der Waals surface area contributed by atoms with Crippen LogP contribution >= 0.6 is 0 Å². The molecule has 46 heavy (non-hydrogen) atoms. The van der Waals surface area contributed by atoms with Gasteiger partial charge in [-0.3, -0.25) is 0 Å². The summed E-state index contributed by atoms with van der Waals surface area (Å²) in [6.07, 6.45) is -33.0. The normalized spacial score (nSPS) is 38.3. The molecule has 11 unspecified atom stereocenters. The molecule has 2 rings (SSSR count).